The third kappa shape index (κ3) is 5.66. The first-order valence-electron chi connectivity index (χ1n) is 9.94. The molecule has 146 valence electrons. The monoisotopic (exact) mass is 382 g/mol. The lowest BCUT2D eigenvalue weighted by Gasteiger charge is -2.22. The highest BCUT2D eigenvalue weighted by atomic mass is 31.1. The normalized spacial score (nSPS) is 12.6. The number of nitrogens with one attached hydrogen (secondary N) is 1. The van der Waals surface area contributed by atoms with E-state index in [2.05, 4.69) is 96.9 Å². The fourth-order valence-corrected chi connectivity index (χ4v) is 4.32. The van der Waals surface area contributed by atoms with Crippen LogP contribution in [-0.4, -0.2) is 18.2 Å². The standard InChI is InChI=1S/C24H35N2P/c1-9-27(10-2)26-23(20-13-11-17(3)12-14-20)25-22-18(4)15-21(16-19(22)5)24(6,7)8/h11-16H,9-10H2,1-8H3,(H,25,26). The highest BCUT2D eigenvalue weighted by molar-refractivity contribution is 7.56. The maximum Gasteiger partial charge on any atom is 0.137 e. The Bertz CT molecular complexity index is 771. The lowest BCUT2D eigenvalue weighted by atomic mass is 9.85. The molecular weight excluding hydrogens is 347 g/mol. The van der Waals surface area contributed by atoms with Gasteiger partial charge < -0.3 is 5.09 Å². The molecule has 0 saturated carbocycles. The molecule has 1 N–H and O–H groups in total. The van der Waals surface area contributed by atoms with Gasteiger partial charge in [-0.25, -0.2) is 4.99 Å². The minimum atomic E-state index is -0.248. The molecule has 2 aromatic rings. The number of hydrogen-bond donors (Lipinski definition) is 1. The minimum Gasteiger partial charge on any atom is -0.349 e. The van der Waals surface area contributed by atoms with Crippen molar-refractivity contribution in [3.05, 3.63) is 64.2 Å². The van der Waals surface area contributed by atoms with Crippen LogP contribution in [0.2, 0.25) is 0 Å². The number of nitrogens with zero attached hydrogens (tertiary/aromatic N) is 1. The first-order chi connectivity index (χ1) is 12.7. The van der Waals surface area contributed by atoms with Crippen molar-refractivity contribution >= 4 is 19.6 Å². The second kappa shape index (κ2) is 9.02. The van der Waals surface area contributed by atoms with Crippen LogP contribution in [0.5, 0.6) is 0 Å². The van der Waals surface area contributed by atoms with Crippen LogP contribution < -0.4 is 5.09 Å². The van der Waals surface area contributed by atoms with Gasteiger partial charge >= 0.3 is 0 Å². The topological polar surface area (TPSA) is 24.4 Å². The van der Waals surface area contributed by atoms with Gasteiger partial charge in [-0.05, 0) is 63.3 Å². The molecule has 3 heteroatoms. The van der Waals surface area contributed by atoms with E-state index in [0.29, 0.717) is 0 Å². The Balaban J connectivity index is 2.55. The molecule has 0 unspecified atom stereocenters. The quantitative estimate of drug-likeness (QED) is 0.335. The van der Waals surface area contributed by atoms with E-state index in [4.69, 9.17) is 4.99 Å². The molecule has 0 saturated heterocycles. The van der Waals surface area contributed by atoms with E-state index < -0.39 is 0 Å². The molecule has 0 heterocycles. The molecule has 2 nitrogen and oxygen atoms in total. The fraction of sp³-hybridized carbons (Fsp3) is 0.458. The predicted molar refractivity (Wildman–Crippen MR) is 123 cm³/mol. The van der Waals surface area contributed by atoms with Crippen LogP contribution in [0.4, 0.5) is 5.69 Å². The zero-order chi connectivity index (χ0) is 20.2. The molecule has 0 fully saturated rings. The van der Waals surface area contributed by atoms with Gasteiger partial charge in [-0.15, -0.1) is 0 Å². The summed E-state index contributed by atoms with van der Waals surface area (Å²) >= 11 is 0. The maximum atomic E-state index is 5.14. The molecule has 0 aromatic heterocycles. The van der Waals surface area contributed by atoms with Gasteiger partial charge in [0.25, 0.3) is 0 Å². The van der Waals surface area contributed by atoms with Crippen molar-refractivity contribution in [3.8, 4) is 0 Å². The first kappa shape index (κ1) is 21.6. The van der Waals surface area contributed by atoms with Crippen molar-refractivity contribution in [3.63, 3.8) is 0 Å². The lowest BCUT2D eigenvalue weighted by molar-refractivity contribution is 0.589. The van der Waals surface area contributed by atoms with Crippen molar-refractivity contribution in [1.82, 2.24) is 5.09 Å². The number of aliphatic imine (C=N–C) groups is 1. The smallest absolute Gasteiger partial charge is 0.137 e. The van der Waals surface area contributed by atoms with Crippen molar-refractivity contribution in [1.29, 1.82) is 0 Å². The highest BCUT2D eigenvalue weighted by Gasteiger charge is 2.17. The summed E-state index contributed by atoms with van der Waals surface area (Å²) in [5.74, 6) is 1.000. The molecular formula is C24H35N2P. The summed E-state index contributed by atoms with van der Waals surface area (Å²) in [5, 5.41) is 3.75. The average Bonchev–Trinajstić information content (AvgIpc) is 2.60. The van der Waals surface area contributed by atoms with Crippen molar-refractivity contribution in [2.75, 3.05) is 12.3 Å². The SMILES string of the molecule is CCP(CC)NC(=Nc1c(C)cc(C(C)(C)C)cc1C)c1ccc(C)cc1. The Kier molecular flexibility index (Phi) is 7.23. The number of aryl methyl sites for hydroxylation is 3. The molecule has 27 heavy (non-hydrogen) atoms. The van der Waals surface area contributed by atoms with Crippen LogP contribution in [0.25, 0.3) is 0 Å². The number of hydrogen-bond acceptors (Lipinski definition) is 1. The average molecular weight is 383 g/mol. The lowest BCUT2D eigenvalue weighted by Crippen LogP contribution is -2.21. The third-order valence-electron chi connectivity index (χ3n) is 4.93. The van der Waals surface area contributed by atoms with E-state index in [9.17, 15) is 0 Å². The van der Waals surface area contributed by atoms with Crippen molar-refractivity contribution < 1.29 is 0 Å². The summed E-state index contributed by atoms with van der Waals surface area (Å²) in [4.78, 5) is 5.14. The predicted octanol–water partition coefficient (Wildman–Crippen LogP) is 7.01. The summed E-state index contributed by atoms with van der Waals surface area (Å²) in [6.45, 7) is 17.8. The Labute approximate surface area is 167 Å². The van der Waals surface area contributed by atoms with Crippen LogP contribution in [0.15, 0.2) is 41.4 Å². The highest BCUT2D eigenvalue weighted by Crippen LogP contribution is 2.33. The van der Waals surface area contributed by atoms with Gasteiger partial charge in [-0.3, -0.25) is 0 Å². The second-order valence-corrected chi connectivity index (χ2v) is 10.9. The zero-order valence-electron chi connectivity index (χ0n) is 18.3. The first-order valence-corrected chi connectivity index (χ1v) is 11.7. The molecule has 0 aliphatic heterocycles. The zero-order valence-corrected chi connectivity index (χ0v) is 19.2. The molecule has 0 spiro atoms. The van der Waals surface area contributed by atoms with Gasteiger partial charge in [0.1, 0.15) is 5.84 Å². The van der Waals surface area contributed by atoms with Gasteiger partial charge in [-0.2, -0.15) is 0 Å². The van der Waals surface area contributed by atoms with Crippen LogP contribution in [0.1, 0.15) is 62.4 Å². The fourth-order valence-electron chi connectivity index (χ4n) is 3.07. The van der Waals surface area contributed by atoms with Gasteiger partial charge in [-0.1, -0.05) is 76.6 Å². The molecule has 2 rings (SSSR count). The maximum absolute atomic E-state index is 5.14. The molecule has 0 aliphatic rings. The minimum absolute atomic E-state index is 0.147. The Hall–Kier alpha value is -1.66. The van der Waals surface area contributed by atoms with E-state index in [1.165, 1.54) is 22.3 Å². The van der Waals surface area contributed by atoms with Crippen molar-refractivity contribution in [2.24, 2.45) is 4.99 Å². The van der Waals surface area contributed by atoms with Crippen molar-refractivity contribution in [2.45, 2.75) is 60.8 Å². The summed E-state index contributed by atoms with van der Waals surface area (Å²) in [5.41, 5.74) is 7.52. The van der Waals surface area contributed by atoms with E-state index in [0.717, 1.165) is 29.4 Å². The van der Waals surface area contributed by atoms with Crippen LogP contribution in [0, 0.1) is 20.8 Å². The largest absolute Gasteiger partial charge is 0.349 e. The molecule has 0 radical (unpaired) electrons. The van der Waals surface area contributed by atoms with Crippen LogP contribution in [-0.2, 0) is 5.41 Å². The second-order valence-electron chi connectivity index (χ2n) is 8.32. The summed E-state index contributed by atoms with van der Waals surface area (Å²) in [6, 6.07) is 13.3. The number of rotatable bonds is 5. The van der Waals surface area contributed by atoms with Gasteiger partial charge in [0.15, 0.2) is 0 Å². The third-order valence-corrected chi connectivity index (χ3v) is 6.99. The van der Waals surface area contributed by atoms with E-state index in [-0.39, 0.29) is 13.5 Å². The number of amidine groups is 1. The van der Waals surface area contributed by atoms with Gasteiger partial charge in [0.2, 0.25) is 0 Å². The molecule has 2 aromatic carbocycles. The van der Waals surface area contributed by atoms with Crippen LogP contribution in [0.3, 0.4) is 0 Å². The van der Waals surface area contributed by atoms with Crippen LogP contribution >= 0.6 is 8.07 Å². The summed E-state index contributed by atoms with van der Waals surface area (Å²) in [6.07, 6.45) is 2.30. The number of benzene rings is 2. The Morgan fingerprint density at radius 1 is 0.926 bits per heavy atom. The molecule has 0 bridgehead atoms. The summed E-state index contributed by atoms with van der Waals surface area (Å²) < 4.78 is 0. The van der Waals surface area contributed by atoms with E-state index in [1.807, 2.05) is 0 Å². The molecule has 0 atom stereocenters. The Morgan fingerprint density at radius 3 is 1.89 bits per heavy atom. The molecule has 0 amide bonds. The Morgan fingerprint density at radius 2 is 1.44 bits per heavy atom. The van der Waals surface area contributed by atoms with E-state index >= 15 is 0 Å². The van der Waals surface area contributed by atoms with Gasteiger partial charge in [0.05, 0.1) is 5.69 Å². The van der Waals surface area contributed by atoms with E-state index in [1.54, 1.807) is 0 Å². The summed E-state index contributed by atoms with van der Waals surface area (Å²) in [7, 11) is -0.248. The molecule has 0 aliphatic carbocycles. The van der Waals surface area contributed by atoms with Gasteiger partial charge in [0, 0.05) is 5.56 Å².